The van der Waals surface area contributed by atoms with E-state index in [1.54, 1.807) is 42.0 Å². The van der Waals surface area contributed by atoms with Crippen LogP contribution in [0.25, 0.3) is 22.1 Å². The maximum Gasteiger partial charge on any atom is 0.237 e. The molecule has 9 rings (SSSR count). The molecule has 1 amide bonds. The van der Waals surface area contributed by atoms with Crippen molar-refractivity contribution >= 4 is 33.8 Å². The molecule has 6 N–H and O–H groups in total. The molecule has 0 saturated carbocycles. The van der Waals surface area contributed by atoms with Crippen molar-refractivity contribution in [2.75, 3.05) is 52.9 Å². The van der Waals surface area contributed by atoms with Crippen molar-refractivity contribution in [1.82, 2.24) is 34.7 Å². The molecule has 308 valence electrons. The van der Waals surface area contributed by atoms with Gasteiger partial charge in [-0.3, -0.25) is 19.2 Å². The molecule has 7 heterocycles. The third-order valence-corrected chi connectivity index (χ3v) is 11.7. The minimum atomic E-state index is -1.18. The summed E-state index contributed by atoms with van der Waals surface area (Å²) < 4.78 is 18.0. The normalized spacial score (nSPS) is 26.1. The van der Waals surface area contributed by atoms with Crippen LogP contribution in [0, 0.1) is 11.8 Å². The Morgan fingerprint density at radius 2 is 1.86 bits per heavy atom. The predicted molar refractivity (Wildman–Crippen MR) is 218 cm³/mol. The van der Waals surface area contributed by atoms with Crippen LogP contribution in [0.5, 0.6) is 11.5 Å². The summed E-state index contributed by atoms with van der Waals surface area (Å²) in [6, 6.07) is 13.5. The lowest BCUT2D eigenvalue weighted by Gasteiger charge is -2.50. The predicted octanol–water partition coefficient (Wildman–Crippen LogP) is 2.38. The Morgan fingerprint density at radius 1 is 1.10 bits per heavy atom. The van der Waals surface area contributed by atoms with Gasteiger partial charge in [-0.2, -0.15) is 0 Å². The van der Waals surface area contributed by atoms with Crippen LogP contribution in [-0.4, -0.2) is 129 Å². The zero-order valence-electron chi connectivity index (χ0n) is 33.3. The quantitative estimate of drug-likeness (QED) is 0.115. The first-order valence-electron chi connectivity index (χ1n) is 19.5. The molecule has 2 aromatic carbocycles. The number of piperidine rings is 3. The number of benzene rings is 2. The van der Waals surface area contributed by atoms with Gasteiger partial charge in [-0.1, -0.05) is 18.2 Å². The van der Waals surface area contributed by atoms with Crippen LogP contribution in [0.3, 0.4) is 0 Å². The highest BCUT2D eigenvalue weighted by Crippen LogP contribution is 2.42. The van der Waals surface area contributed by atoms with Crippen LogP contribution < -0.4 is 25.4 Å². The molecule has 16 heteroatoms. The second-order valence-electron chi connectivity index (χ2n) is 15.3. The van der Waals surface area contributed by atoms with E-state index >= 15 is 0 Å². The monoisotopic (exact) mass is 795 g/mol. The van der Waals surface area contributed by atoms with E-state index in [-0.39, 0.29) is 6.04 Å². The molecule has 2 bridgehead atoms. The summed E-state index contributed by atoms with van der Waals surface area (Å²) in [5.41, 5.74) is 9.83. The first-order chi connectivity index (χ1) is 28.0. The minimum absolute atomic E-state index is 0.178. The third kappa shape index (κ3) is 8.21. The van der Waals surface area contributed by atoms with Crippen molar-refractivity contribution in [1.29, 1.82) is 0 Å². The van der Waals surface area contributed by atoms with Crippen molar-refractivity contribution in [3.63, 3.8) is 0 Å². The van der Waals surface area contributed by atoms with Crippen LogP contribution in [0.15, 0.2) is 80.0 Å². The molecule has 3 aromatic heterocycles. The number of aliphatic hydroxyl groups is 3. The number of hydrogen-bond acceptors (Lipinski definition) is 14. The zero-order chi connectivity index (χ0) is 41.1. The molecule has 4 fully saturated rings. The molecule has 0 spiro atoms. The van der Waals surface area contributed by atoms with Crippen LogP contribution in [0.4, 0.5) is 5.82 Å². The number of nitrogens with one attached hydrogen (secondary N) is 1. The number of carbonyl (C=O) groups is 1. The van der Waals surface area contributed by atoms with Gasteiger partial charge >= 0.3 is 0 Å². The molecular formula is C42H53N9O7. The average Bonchev–Trinajstić information content (AvgIpc) is 3.83. The number of hydrogen-bond donors (Lipinski definition) is 5. The summed E-state index contributed by atoms with van der Waals surface area (Å²) in [5.74, 6) is 2.87. The van der Waals surface area contributed by atoms with Gasteiger partial charge in [0.1, 0.15) is 30.0 Å². The third-order valence-electron chi connectivity index (χ3n) is 11.7. The fraction of sp³-hybridized carbons (Fsp3) is 0.452. The van der Waals surface area contributed by atoms with Crippen molar-refractivity contribution in [3.8, 4) is 11.5 Å². The highest BCUT2D eigenvalue weighted by atomic mass is 16.5. The van der Waals surface area contributed by atoms with Gasteiger partial charge in [-0.25, -0.2) is 15.0 Å². The van der Waals surface area contributed by atoms with E-state index in [0.717, 1.165) is 47.3 Å². The van der Waals surface area contributed by atoms with Crippen molar-refractivity contribution in [2.45, 2.75) is 61.9 Å². The standard InChI is InChI=1S/C22H29N7O5.C20H24N2O2/c1-28(2)19-17-20(25-10-24-19)29(11-26-17)22-18(31)16(15(9-30)34-22)27-21(32)14(23)8-12-4-6-13(33-3)7-5-12;1-3-13-12-22-9-7-14(13)10-19(22)20(23)16-6-8-21-18-5-4-15(24-2)11-17(16)18/h4-7,10-11,14-16,18,22,30-31H,8-9,23H2,1-3H3,(H,27,32);3-6,8,11,13-14,19-20,23H,1,7,9-10,12H2,2H3/t14-,15+,16+,18+,22+;13-,14-,19+,20-/m00/s1. The number of pyridine rings is 1. The number of anilines is 1. The van der Waals surface area contributed by atoms with E-state index in [2.05, 4.69) is 42.8 Å². The Kier molecular flexibility index (Phi) is 12.5. The minimum Gasteiger partial charge on any atom is -0.497 e. The summed E-state index contributed by atoms with van der Waals surface area (Å²) in [6.45, 7) is 5.66. The smallest absolute Gasteiger partial charge is 0.237 e. The molecule has 0 radical (unpaired) electrons. The second kappa shape index (κ2) is 17.7. The summed E-state index contributed by atoms with van der Waals surface area (Å²) in [7, 11) is 6.91. The van der Waals surface area contributed by atoms with Gasteiger partial charge in [0.2, 0.25) is 5.91 Å². The SMILES string of the molecule is C=C[C@H]1CN2CC[C@H]1C[C@@H]2[C@@H](O)c1ccnc2ccc(OC)cc12.COc1ccc(C[C@H](N)C(=O)N[C@H]2[C@@H](O)[C@H](n3cnc4c(N(C)C)ncnc43)O[C@@H]2CO)cc1. The number of nitrogens with two attached hydrogens (primary N) is 1. The number of carbonyl (C=O) groups excluding carboxylic acids is 1. The maximum atomic E-state index is 12.8. The molecule has 4 aliphatic heterocycles. The van der Waals surface area contributed by atoms with E-state index in [1.165, 1.54) is 19.1 Å². The lowest BCUT2D eigenvalue weighted by molar-refractivity contribution is -0.124. The summed E-state index contributed by atoms with van der Waals surface area (Å²) >= 11 is 0. The van der Waals surface area contributed by atoms with E-state index in [4.69, 9.17) is 19.9 Å². The first kappa shape index (κ1) is 40.9. The number of methoxy groups -OCH3 is 2. The summed E-state index contributed by atoms with van der Waals surface area (Å²) in [5, 5.41) is 35.8. The summed E-state index contributed by atoms with van der Waals surface area (Å²) in [6.07, 6.45) is 5.87. The number of amides is 1. The largest absolute Gasteiger partial charge is 0.497 e. The Balaban J connectivity index is 0.000000187. The average molecular weight is 796 g/mol. The Morgan fingerprint density at radius 3 is 2.53 bits per heavy atom. The molecule has 1 unspecified atom stereocenters. The lowest BCUT2D eigenvalue weighted by atomic mass is 9.73. The number of aliphatic hydroxyl groups excluding tert-OH is 3. The second-order valence-corrected chi connectivity index (χ2v) is 15.3. The van der Waals surface area contributed by atoms with Gasteiger partial charge in [-0.05, 0) is 85.2 Å². The molecular weight excluding hydrogens is 743 g/mol. The summed E-state index contributed by atoms with van der Waals surface area (Å²) in [4.78, 5) is 34.3. The van der Waals surface area contributed by atoms with E-state index in [1.807, 2.05) is 50.5 Å². The molecule has 4 aliphatic rings. The first-order valence-corrected chi connectivity index (χ1v) is 19.5. The number of rotatable bonds is 12. The molecule has 10 atom stereocenters. The van der Waals surface area contributed by atoms with Crippen LogP contribution >= 0.6 is 0 Å². The topological polar surface area (TPSA) is 206 Å². The van der Waals surface area contributed by atoms with Gasteiger partial charge in [0.25, 0.3) is 0 Å². The number of aromatic nitrogens is 5. The van der Waals surface area contributed by atoms with Crippen molar-refractivity contribution in [2.24, 2.45) is 17.6 Å². The van der Waals surface area contributed by atoms with Gasteiger partial charge in [-0.15, -0.1) is 6.58 Å². The molecule has 16 nitrogen and oxygen atoms in total. The Hall–Kier alpha value is -5.23. The van der Waals surface area contributed by atoms with Gasteiger partial charge in [0, 0.05) is 38.3 Å². The molecule has 4 saturated heterocycles. The number of fused-ring (bicyclic) bond motifs is 5. The van der Waals surface area contributed by atoms with Crippen LogP contribution in [0.2, 0.25) is 0 Å². The van der Waals surface area contributed by atoms with E-state index in [9.17, 15) is 20.1 Å². The fourth-order valence-electron chi connectivity index (χ4n) is 8.48. The fourth-order valence-corrected chi connectivity index (χ4v) is 8.48. The van der Waals surface area contributed by atoms with Gasteiger partial charge < -0.3 is 45.5 Å². The maximum absolute atomic E-state index is 12.8. The Bertz CT molecular complexity index is 2200. The highest BCUT2D eigenvalue weighted by molar-refractivity contribution is 5.84. The van der Waals surface area contributed by atoms with Gasteiger partial charge in [0.05, 0.1) is 50.9 Å². The van der Waals surface area contributed by atoms with E-state index < -0.39 is 49.1 Å². The van der Waals surface area contributed by atoms with Crippen molar-refractivity contribution in [3.05, 3.63) is 91.2 Å². The number of ether oxygens (including phenoxy) is 3. The number of imidazole rings is 1. The highest BCUT2D eigenvalue weighted by Gasteiger charge is 2.46. The number of nitrogens with zero attached hydrogens (tertiary/aromatic N) is 7. The lowest BCUT2D eigenvalue weighted by Crippen LogP contribution is -2.54. The van der Waals surface area contributed by atoms with Gasteiger partial charge in [0.15, 0.2) is 23.2 Å². The van der Waals surface area contributed by atoms with Crippen molar-refractivity contribution < 1.29 is 34.3 Å². The Labute approximate surface area is 337 Å². The van der Waals surface area contributed by atoms with E-state index in [0.29, 0.717) is 41.0 Å². The molecule has 0 aliphatic carbocycles. The van der Waals surface area contributed by atoms with Crippen LogP contribution in [0.1, 0.15) is 36.3 Å². The molecule has 58 heavy (non-hydrogen) atoms. The van der Waals surface area contributed by atoms with Crippen LogP contribution in [-0.2, 0) is 16.0 Å². The zero-order valence-corrected chi connectivity index (χ0v) is 33.3. The molecule has 5 aromatic rings.